The fraction of sp³-hybridized carbons (Fsp3) is 1.00. The summed E-state index contributed by atoms with van der Waals surface area (Å²) in [5, 5.41) is 0. The predicted octanol–water partition coefficient (Wildman–Crippen LogP) is 0.900. The molecule has 1 fully saturated rings. The van der Waals surface area contributed by atoms with Crippen LogP contribution in [0, 0.1) is 0 Å². The minimum Gasteiger partial charge on any atom is -0.329 e. The molecular weight excluding hydrogens is 219 g/mol. The van der Waals surface area contributed by atoms with Gasteiger partial charge in [-0.1, -0.05) is 0 Å². The predicted molar refractivity (Wildman–Crippen MR) is 57.2 cm³/mol. The molecule has 1 rings (SSSR count). The minimum absolute atomic E-state index is 0.125. The van der Waals surface area contributed by atoms with Crippen molar-refractivity contribution in [3.8, 4) is 0 Å². The Kier molecular flexibility index (Phi) is 4.20. The summed E-state index contributed by atoms with van der Waals surface area (Å²) in [5.41, 5.74) is 5.24. The van der Waals surface area contributed by atoms with Crippen LogP contribution < -0.4 is 5.73 Å². The molecule has 0 bridgehead atoms. The van der Waals surface area contributed by atoms with Crippen LogP contribution in [0.3, 0.4) is 0 Å². The van der Waals surface area contributed by atoms with Gasteiger partial charge in [0.1, 0.15) is 6.04 Å². The number of piperazine rings is 1. The molecule has 2 N–H and O–H groups in total. The SMILES string of the molecule is CC1CN(C(CN)C(F)(F)F)CC(C)N1C. The maximum Gasteiger partial charge on any atom is 0.405 e. The summed E-state index contributed by atoms with van der Waals surface area (Å²) in [4.78, 5) is 3.55. The van der Waals surface area contributed by atoms with Crippen LogP contribution >= 0.6 is 0 Å². The summed E-state index contributed by atoms with van der Waals surface area (Å²) in [7, 11) is 1.94. The molecule has 1 aliphatic heterocycles. The number of alkyl halides is 3. The van der Waals surface area contributed by atoms with Crippen molar-refractivity contribution < 1.29 is 13.2 Å². The summed E-state index contributed by atoms with van der Waals surface area (Å²) in [6, 6.07) is -1.26. The quantitative estimate of drug-likeness (QED) is 0.777. The van der Waals surface area contributed by atoms with E-state index < -0.39 is 12.2 Å². The van der Waals surface area contributed by atoms with Crippen molar-refractivity contribution in [3.63, 3.8) is 0 Å². The summed E-state index contributed by atoms with van der Waals surface area (Å²) < 4.78 is 38.2. The van der Waals surface area contributed by atoms with Crippen molar-refractivity contribution in [2.45, 2.75) is 38.1 Å². The Labute approximate surface area is 94.4 Å². The first-order chi connectivity index (χ1) is 7.27. The van der Waals surface area contributed by atoms with Gasteiger partial charge in [-0.25, -0.2) is 0 Å². The summed E-state index contributed by atoms with van der Waals surface area (Å²) in [5.74, 6) is 0. The van der Waals surface area contributed by atoms with Crippen molar-refractivity contribution in [2.24, 2.45) is 5.73 Å². The van der Waals surface area contributed by atoms with Gasteiger partial charge in [0.15, 0.2) is 0 Å². The second-order valence-electron chi connectivity index (χ2n) is 4.61. The lowest BCUT2D eigenvalue weighted by Gasteiger charge is -2.45. The summed E-state index contributed by atoms with van der Waals surface area (Å²) in [6.45, 7) is 4.34. The molecule has 0 amide bonds. The highest BCUT2D eigenvalue weighted by Gasteiger charge is 2.44. The van der Waals surface area contributed by atoms with E-state index in [1.165, 1.54) is 4.90 Å². The number of hydrogen-bond acceptors (Lipinski definition) is 3. The highest BCUT2D eigenvalue weighted by atomic mass is 19.4. The zero-order valence-electron chi connectivity index (χ0n) is 9.96. The first-order valence-corrected chi connectivity index (χ1v) is 5.50. The Balaban J connectivity index is 2.73. The van der Waals surface area contributed by atoms with E-state index in [0.29, 0.717) is 13.1 Å². The number of rotatable bonds is 2. The molecule has 0 radical (unpaired) electrons. The van der Waals surface area contributed by atoms with Gasteiger partial charge >= 0.3 is 6.18 Å². The van der Waals surface area contributed by atoms with Gasteiger partial charge in [-0.05, 0) is 20.9 Å². The van der Waals surface area contributed by atoms with Crippen LogP contribution in [0.5, 0.6) is 0 Å². The molecule has 1 saturated heterocycles. The monoisotopic (exact) mass is 239 g/mol. The van der Waals surface area contributed by atoms with Crippen molar-refractivity contribution in [2.75, 3.05) is 26.7 Å². The second kappa shape index (κ2) is 4.89. The molecule has 0 aliphatic carbocycles. The molecule has 0 saturated carbocycles. The molecule has 0 aromatic rings. The van der Waals surface area contributed by atoms with E-state index in [2.05, 4.69) is 4.90 Å². The maximum absolute atomic E-state index is 12.7. The fourth-order valence-electron chi connectivity index (χ4n) is 2.19. The number of nitrogens with two attached hydrogens (primary N) is 1. The van der Waals surface area contributed by atoms with Crippen LogP contribution in [0.15, 0.2) is 0 Å². The smallest absolute Gasteiger partial charge is 0.329 e. The van der Waals surface area contributed by atoms with Crippen LogP contribution in [0.2, 0.25) is 0 Å². The minimum atomic E-state index is -4.23. The van der Waals surface area contributed by atoms with Crippen molar-refractivity contribution in [1.29, 1.82) is 0 Å². The van der Waals surface area contributed by atoms with Crippen LogP contribution in [-0.4, -0.2) is 60.8 Å². The number of halogens is 3. The standard InChI is InChI=1S/C10H20F3N3/c1-7-5-16(6-8(2)15(7)3)9(4-14)10(11,12)13/h7-9H,4-6,14H2,1-3H3. The zero-order valence-corrected chi connectivity index (χ0v) is 9.96. The van der Waals surface area contributed by atoms with Gasteiger partial charge in [-0.3, -0.25) is 9.80 Å². The number of hydrogen-bond donors (Lipinski definition) is 1. The molecule has 6 heteroatoms. The lowest BCUT2D eigenvalue weighted by Crippen LogP contribution is -2.62. The van der Waals surface area contributed by atoms with E-state index in [1.54, 1.807) is 0 Å². The van der Waals surface area contributed by atoms with E-state index in [1.807, 2.05) is 20.9 Å². The fourth-order valence-corrected chi connectivity index (χ4v) is 2.19. The first kappa shape index (κ1) is 13.7. The number of likely N-dealkylation sites (N-methyl/N-ethyl adjacent to an activating group) is 1. The van der Waals surface area contributed by atoms with E-state index in [9.17, 15) is 13.2 Å². The maximum atomic E-state index is 12.7. The topological polar surface area (TPSA) is 32.5 Å². The third kappa shape index (κ3) is 2.87. The molecule has 1 heterocycles. The van der Waals surface area contributed by atoms with Crippen LogP contribution in [0.4, 0.5) is 13.2 Å². The van der Waals surface area contributed by atoms with Gasteiger partial charge in [0.25, 0.3) is 0 Å². The average molecular weight is 239 g/mol. The normalized spacial score (nSPS) is 31.7. The van der Waals surface area contributed by atoms with Gasteiger partial charge < -0.3 is 5.73 Å². The zero-order chi connectivity index (χ0) is 12.5. The lowest BCUT2D eigenvalue weighted by atomic mass is 10.1. The van der Waals surface area contributed by atoms with Gasteiger partial charge in [0.2, 0.25) is 0 Å². The molecule has 3 atom stereocenters. The molecule has 0 spiro atoms. The van der Waals surface area contributed by atoms with Crippen LogP contribution in [0.25, 0.3) is 0 Å². The van der Waals surface area contributed by atoms with E-state index in [0.717, 1.165) is 0 Å². The molecule has 0 aromatic carbocycles. The van der Waals surface area contributed by atoms with Crippen molar-refractivity contribution in [3.05, 3.63) is 0 Å². The van der Waals surface area contributed by atoms with E-state index in [-0.39, 0.29) is 18.6 Å². The molecule has 3 unspecified atom stereocenters. The highest BCUT2D eigenvalue weighted by molar-refractivity contribution is 4.89. The Morgan fingerprint density at radius 2 is 1.69 bits per heavy atom. The summed E-state index contributed by atoms with van der Waals surface area (Å²) >= 11 is 0. The highest BCUT2D eigenvalue weighted by Crippen LogP contribution is 2.27. The van der Waals surface area contributed by atoms with Gasteiger partial charge in [-0.15, -0.1) is 0 Å². The van der Waals surface area contributed by atoms with Gasteiger partial charge in [-0.2, -0.15) is 13.2 Å². The van der Waals surface area contributed by atoms with Crippen molar-refractivity contribution in [1.82, 2.24) is 9.80 Å². The Morgan fingerprint density at radius 3 is 2.00 bits per heavy atom. The molecule has 0 aromatic heterocycles. The van der Waals surface area contributed by atoms with Crippen molar-refractivity contribution >= 4 is 0 Å². The molecule has 1 aliphatic rings. The molecule has 96 valence electrons. The van der Waals surface area contributed by atoms with Crippen LogP contribution in [-0.2, 0) is 0 Å². The van der Waals surface area contributed by atoms with Crippen LogP contribution in [0.1, 0.15) is 13.8 Å². The lowest BCUT2D eigenvalue weighted by molar-refractivity contribution is -0.188. The molecule has 3 nitrogen and oxygen atoms in total. The Hall–Kier alpha value is -0.330. The van der Waals surface area contributed by atoms with E-state index >= 15 is 0 Å². The average Bonchev–Trinajstić information content (AvgIpc) is 2.12. The largest absolute Gasteiger partial charge is 0.405 e. The Bertz CT molecular complexity index is 220. The molecular formula is C10H20F3N3. The number of nitrogens with zero attached hydrogens (tertiary/aromatic N) is 2. The van der Waals surface area contributed by atoms with Gasteiger partial charge in [0.05, 0.1) is 0 Å². The van der Waals surface area contributed by atoms with Gasteiger partial charge in [0, 0.05) is 31.7 Å². The Morgan fingerprint density at radius 1 is 1.25 bits per heavy atom. The third-order valence-corrected chi connectivity index (χ3v) is 3.43. The first-order valence-electron chi connectivity index (χ1n) is 5.50. The molecule has 16 heavy (non-hydrogen) atoms. The third-order valence-electron chi connectivity index (χ3n) is 3.43. The second-order valence-corrected chi connectivity index (χ2v) is 4.61. The van der Waals surface area contributed by atoms with E-state index in [4.69, 9.17) is 5.73 Å². The summed E-state index contributed by atoms with van der Waals surface area (Å²) in [6.07, 6.45) is -4.23.